The van der Waals surface area contributed by atoms with Gasteiger partial charge in [0.25, 0.3) is 0 Å². The molecule has 2 aromatic heterocycles. The van der Waals surface area contributed by atoms with Crippen molar-refractivity contribution in [2.45, 2.75) is 38.1 Å². The van der Waals surface area contributed by atoms with Gasteiger partial charge in [-0.3, -0.25) is 14.4 Å². The van der Waals surface area contributed by atoms with Gasteiger partial charge in [-0.15, -0.1) is 11.3 Å². The summed E-state index contributed by atoms with van der Waals surface area (Å²) >= 11 is 1.57. The summed E-state index contributed by atoms with van der Waals surface area (Å²) in [5.74, 6) is -0.0583. The van der Waals surface area contributed by atoms with Gasteiger partial charge in [0.05, 0.1) is 13.1 Å². The van der Waals surface area contributed by atoms with Crippen molar-refractivity contribution in [3.05, 3.63) is 29.2 Å². The predicted molar refractivity (Wildman–Crippen MR) is 83.5 cm³/mol. The minimum absolute atomic E-state index is 0.0178. The Kier molecular flexibility index (Phi) is 5.29. The van der Waals surface area contributed by atoms with Crippen LogP contribution in [-0.2, 0) is 17.9 Å². The van der Waals surface area contributed by atoms with Crippen LogP contribution in [0.25, 0.3) is 0 Å². The van der Waals surface area contributed by atoms with Crippen molar-refractivity contribution in [2.24, 2.45) is 0 Å². The fraction of sp³-hybridized carbons (Fsp3) is 0.571. The molecule has 0 saturated carbocycles. The SMILES string of the molecule is O=C(CCn1cncn1)NC[C@@H]1C[C@H](F)CN1Cc1nccs1. The van der Waals surface area contributed by atoms with Crippen molar-refractivity contribution >= 4 is 17.2 Å². The highest BCUT2D eigenvalue weighted by Gasteiger charge is 2.32. The first-order valence-electron chi connectivity index (χ1n) is 7.56. The van der Waals surface area contributed by atoms with E-state index in [1.807, 2.05) is 5.38 Å². The molecule has 1 amide bonds. The Hall–Kier alpha value is -1.87. The number of thiazole rings is 1. The van der Waals surface area contributed by atoms with E-state index in [0.717, 1.165) is 5.01 Å². The summed E-state index contributed by atoms with van der Waals surface area (Å²) in [6, 6.07) is 0.0178. The summed E-state index contributed by atoms with van der Waals surface area (Å²) in [5, 5.41) is 9.73. The summed E-state index contributed by atoms with van der Waals surface area (Å²) in [7, 11) is 0. The smallest absolute Gasteiger partial charge is 0.221 e. The zero-order valence-electron chi connectivity index (χ0n) is 12.6. The molecule has 9 heteroatoms. The molecule has 0 spiro atoms. The van der Waals surface area contributed by atoms with Crippen molar-refractivity contribution in [3.8, 4) is 0 Å². The molecule has 124 valence electrons. The predicted octanol–water partition coefficient (Wildman–Crippen LogP) is 0.853. The number of rotatable bonds is 7. The molecule has 2 aromatic rings. The Morgan fingerprint density at radius 3 is 3.17 bits per heavy atom. The fourth-order valence-electron chi connectivity index (χ4n) is 2.72. The minimum atomic E-state index is -0.841. The van der Waals surface area contributed by atoms with Gasteiger partial charge in [0.1, 0.15) is 23.8 Å². The molecule has 0 bridgehead atoms. The number of halogens is 1. The van der Waals surface area contributed by atoms with Gasteiger partial charge in [-0.2, -0.15) is 5.10 Å². The van der Waals surface area contributed by atoms with E-state index in [4.69, 9.17) is 0 Å². The molecule has 1 N–H and O–H groups in total. The molecule has 23 heavy (non-hydrogen) atoms. The van der Waals surface area contributed by atoms with E-state index in [9.17, 15) is 9.18 Å². The summed E-state index contributed by atoms with van der Waals surface area (Å²) in [6.45, 7) is 1.99. The van der Waals surface area contributed by atoms with E-state index in [1.165, 1.54) is 6.33 Å². The number of hydrogen-bond acceptors (Lipinski definition) is 6. The number of alkyl halides is 1. The average Bonchev–Trinajstić information content (AvgIpc) is 3.26. The molecule has 7 nitrogen and oxygen atoms in total. The number of nitrogens with zero attached hydrogens (tertiary/aromatic N) is 5. The molecule has 1 aliphatic heterocycles. The van der Waals surface area contributed by atoms with Crippen LogP contribution >= 0.6 is 11.3 Å². The molecule has 1 aliphatic rings. The van der Waals surface area contributed by atoms with Crippen molar-refractivity contribution in [2.75, 3.05) is 13.1 Å². The van der Waals surface area contributed by atoms with E-state index >= 15 is 0 Å². The fourth-order valence-corrected chi connectivity index (χ4v) is 3.36. The monoisotopic (exact) mass is 338 g/mol. The number of carbonyl (C=O) groups is 1. The van der Waals surface area contributed by atoms with Crippen LogP contribution < -0.4 is 5.32 Å². The quantitative estimate of drug-likeness (QED) is 0.810. The summed E-state index contributed by atoms with van der Waals surface area (Å²) in [6.07, 6.45) is 4.72. The molecular weight excluding hydrogens is 319 g/mol. The summed E-state index contributed by atoms with van der Waals surface area (Å²) in [4.78, 5) is 22.0. The summed E-state index contributed by atoms with van der Waals surface area (Å²) < 4.78 is 15.3. The Morgan fingerprint density at radius 2 is 2.43 bits per heavy atom. The molecule has 1 fully saturated rings. The third-order valence-electron chi connectivity index (χ3n) is 3.87. The topological polar surface area (TPSA) is 75.9 Å². The molecule has 0 radical (unpaired) electrons. The second-order valence-electron chi connectivity index (χ2n) is 5.55. The Labute approximate surface area is 137 Å². The molecule has 1 saturated heterocycles. The highest BCUT2D eigenvalue weighted by molar-refractivity contribution is 7.09. The lowest BCUT2D eigenvalue weighted by Gasteiger charge is -2.23. The Balaban J connectivity index is 1.44. The zero-order valence-corrected chi connectivity index (χ0v) is 13.5. The Bertz CT molecular complexity index is 605. The first-order chi connectivity index (χ1) is 11.2. The number of aromatic nitrogens is 4. The van der Waals surface area contributed by atoms with Crippen LogP contribution in [0.2, 0.25) is 0 Å². The van der Waals surface area contributed by atoms with Gasteiger partial charge >= 0.3 is 0 Å². The first kappa shape index (κ1) is 16.0. The third-order valence-corrected chi connectivity index (χ3v) is 4.63. The molecule has 3 heterocycles. The number of carbonyl (C=O) groups excluding carboxylic acids is 1. The largest absolute Gasteiger partial charge is 0.354 e. The molecular formula is C14H19FN6OS. The van der Waals surface area contributed by atoms with Gasteiger partial charge in [0, 0.05) is 37.1 Å². The van der Waals surface area contributed by atoms with Gasteiger partial charge in [-0.05, 0) is 6.42 Å². The van der Waals surface area contributed by atoms with Gasteiger partial charge in [-0.25, -0.2) is 14.4 Å². The van der Waals surface area contributed by atoms with Gasteiger partial charge in [-0.1, -0.05) is 0 Å². The second kappa shape index (κ2) is 7.60. The van der Waals surface area contributed by atoms with Crippen LogP contribution in [0.3, 0.4) is 0 Å². The molecule has 0 aliphatic carbocycles. The van der Waals surface area contributed by atoms with E-state index in [1.54, 1.807) is 28.5 Å². The van der Waals surface area contributed by atoms with Crippen LogP contribution in [0.1, 0.15) is 17.8 Å². The van der Waals surface area contributed by atoms with Crippen molar-refractivity contribution in [1.29, 1.82) is 0 Å². The lowest BCUT2D eigenvalue weighted by Crippen LogP contribution is -2.40. The normalized spacial score (nSPS) is 21.6. The van der Waals surface area contributed by atoms with Crippen molar-refractivity contribution in [1.82, 2.24) is 30.0 Å². The maximum Gasteiger partial charge on any atom is 0.221 e. The maximum absolute atomic E-state index is 13.7. The number of nitrogens with one attached hydrogen (secondary N) is 1. The highest BCUT2D eigenvalue weighted by atomic mass is 32.1. The molecule has 3 rings (SSSR count). The van der Waals surface area contributed by atoms with Crippen LogP contribution in [0.4, 0.5) is 4.39 Å². The number of aryl methyl sites for hydroxylation is 1. The number of amides is 1. The molecule has 0 unspecified atom stereocenters. The lowest BCUT2D eigenvalue weighted by atomic mass is 10.2. The van der Waals surface area contributed by atoms with Crippen LogP contribution in [0.15, 0.2) is 24.2 Å². The van der Waals surface area contributed by atoms with Crippen molar-refractivity contribution < 1.29 is 9.18 Å². The third kappa shape index (κ3) is 4.55. The average molecular weight is 338 g/mol. The van der Waals surface area contributed by atoms with Crippen molar-refractivity contribution in [3.63, 3.8) is 0 Å². The molecule has 0 aromatic carbocycles. The van der Waals surface area contributed by atoms with Gasteiger partial charge in [0.2, 0.25) is 5.91 Å². The zero-order chi connectivity index (χ0) is 16.1. The highest BCUT2D eigenvalue weighted by Crippen LogP contribution is 2.22. The standard InChI is InChI=1S/C14H19FN6OS/c15-11-5-12(20(7-11)8-14-17-2-4-23-14)6-18-13(22)1-3-21-10-16-9-19-21/h2,4,9-12H,1,3,5-8H2,(H,18,22)/t11-,12-/m0/s1. The van der Waals surface area contributed by atoms with Crippen LogP contribution in [0.5, 0.6) is 0 Å². The van der Waals surface area contributed by atoms with E-state index in [0.29, 0.717) is 39.0 Å². The minimum Gasteiger partial charge on any atom is -0.354 e. The number of likely N-dealkylation sites (tertiary alicyclic amines) is 1. The Morgan fingerprint density at radius 1 is 1.52 bits per heavy atom. The van der Waals surface area contributed by atoms with Crippen LogP contribution in [-0.4, -0.2) is 55.9 Å². The van der Waals surface area contributed by atoms with Gasteiger partial charge < -0.3 is 5.32 Å². The van der Waals surface area contributed by atoms with Gasteiger partial charge in [0.15, 0.2) is 0 Å². The van der Waals surface area contributed by atoms with E-state index in [-0.39, 0.29) is 11.9 Å². The first-order valence-corrected chi connectivity index (χ1v) is 8.44. The van der Waals surface area contributed by atoms with Crippen LogP contribution in [0, 0.1) is 0 Å². The number of hydrogen-bond donors (Lipinski definition) is 1. The van der Waals surface area contributed by atoms with E-state index < -0.39 is 6.17 Å². The molecule has 2 atom stereocenters. The van der Waals surface area contributed by atoms with E-state index in [2.05, 4.69) is 25.3 Å². The summed E-state index contributed by atoms with van der Waals surface area (Å²) in [5.41, 5.74) is 0. The maximum atomic E-state index is 13.7. The second-order valence-corrected chi connectivity index (χ2v) is 6.53. The lowest BCUT2D eigenvalue weighted by molar-refractivity contribution is -0.121.